The fourth-order valence-electron chi connectivity index (χ4n) is 4.18. The van der Waals surface area contributed by atoms with Gasteiger partial charge in [0.25, 0.3) is 0 Å². The lowest BCUT2D eigenvalue weighted by Crippen LogP contribution is -2.47. The Kier molecular flexibility index (Phi) is 5.76. The predicted molar refractivity (Wildman–Crippen MR) is 121 cm³/mol. The van der Waals surface area contributed by atoms with Crippen LogP contribution in [0.5, 0.6) is 0 Å². The topological polar surface area (TPSA) is 54.4 Å². The van der Waals surface area contributed by atoms with Crippen LogP contribution in [-0.4, -0.2) is 16.9 Å². The molecule has 4 aromatic carbocycles. The van der Waals surface area contributed by atoms with Crippen LogP contribution in [0.25, 0.3) is 0 Å². The highest BCUT2D eigenvalue weighted by Crippen LogP contribution is 2.41. The summed E-state index contributed by atoms with van der Waals surface area (Å²) in [5.74, 6) is -2.32. The minimum absolute atomic E-state index is 0.394. The summed E-state index contributed by atoms with van der Waals surface area (Å²) in [6.07, 6.45) is 0. The average molecular weight is 406 g/mol. The van der Waals surface area contributed by atoms with Crippen molar-refractivity contribution in [1.29, 1.82) is 0 Å². The third-order valence-corrected chi connectivity index (χ3v) is 5.63. The molecule has 0 spiro atoms. The number of carboxylic acids is 1. The van der Waals surface area contributed by atoms with Gasteiger partial charge in [0.2, 0.25) is 0 Å². The quantitative estimate of drug-likeness (QED) is 0.415. The molecule has 0 atom stereocenters. The second-order valence-corrected chi connectivity index (χ2v) is 7.41. The minimum Gasteiger partial charge on any atom is -0.480 e. The van der Waals surface area contributed by atoms with Crippen molar-refractivity contribution in [3.8, 4) is 0 Å². The van der Waals surface area contributed by atoms with Crippen molar-refractivity contribution < 1.29 is 14.7 Å². The van der Waals surface area contributed by atoms with E-state index in [1.807, 2.05) is 72.8 Å². The summed E-state index contributed by atoms with van der Waals surface area (Å²) < 4.78 is 0. The van der Waals surface area contributed by atoms with Crippen LogP contribution in [0.15, 0.2) is 121 Å². The maximum Gasteiger partial charge on any atom is 0.326 e. The number of Topliss-reactive ketones (excluding diaryl/α,β-unsaturated/α-hetero) is 1. The van der Waals surface area contributed by atoms with Crippen LogP contribution >= 0.6 is 0 Å². The lowest BCUT2D eigenvalue weighted by atomic mass is 9.65. The van der Waals surface area contributed by atoms with Crippen LogP contribution in [0, 0.1) is 0 Å². The average Bonchev–Trinajstić information content (AvgIpc) is 2.82. The molecule has 0 radical (unpaired) electrons. The standard InChI is InChI=1S/C28H22O3/c29-26(25(21-13-5-1-6-14-21)22-15-7-2-8-16-22)28(27(30)31,23-17-9-3-10-18-23)24-19-11-4-12-20-24/h1-20,25H,(H,30,31). The Labute approximate surface area is 181 Å². The molecule has 3 heteroatoms. The van der Waals surface area contributed by atoms with E-state index in [1.165, 1.54) is 0 Å². The van der Waals surface area contributed by atoms with E-state index in [1.54, 1.807) is 48.5 Å². The Balaban J connectivity index is 2.02. The molecule has 0 aliphatic heterocycles. The Morgan fingerprint density at radius 2 is 0.871 bits per heavy atom. The van der Waals surface area contributed by atoms with Crippen LogP contribution < -0.4 is 0 Å². The number of rotatable bonds is 7. The molecule has 0 unspecified atom stereocenters. The number of aliphatic carboxylic acids is 1. The predicted octanol–water partition coefficient (Wildman–Crippen LogP) is 5.46. The van der Waals surface area contributed by atoms with Gasteiger partial charge in [0.05, 0.1) is 5.92 Å². The molecule has 4 rings (SSSR count). The maximum absolute atomic E-state index is 14.4. The molecule has 0 fully saturated rings. The van der Waals surface area contributed by atoms with Crippen molar-refractivity contribution in [2.75, 3.05) is 0 Å². The van der Waals surface area contributed by atoms with Crippen LogP contribution in [0.3, 0.4) is 0 Å². The highest BCUT2D eigenvalue weighted by atomic mass is 16.4. The molecule has 3 nitrogen and oxygen atoms in total. The van der Waals surface area contributed by atoms with Crippen LogP contribution in [-0.2, 0) is 15.0 Å². The van der Waals surface area contributed by atoms with Crippen LogP contribution in [0.2, 0.25) is 0 Å². The van der Waals surface area contributed by atoms with E-state index in [2.05, 4.69) is 0 Å². The molecule has 0 bridgehead atoms. The summed E-state index contributed by atoms with van der Waals surface area (Å²) in [7, 11) is 0. The van der Waals surface area contributed by atoms with Gasteiger partial charge in [0.1, 0.15) is 0 Å². The molecule has 0 amide bonds. The Hall–Kier alpha value is -3.98. The molecule has 0 saturated carbocycles. The number of hydrogen-bond acceptors (Lipinski definition) is 2. The summed E-state index contributed by atoms with van der Waals surface area (Å²) >= 11 is 0. The van der Waals surface area contributed by atoms with Gasteiger partial charge in [-0.05, 0) is 22.3 Å². The van der Waals surface area contributed by atoms with E-state index >= 15 is 0 Å². The third-order valence-electron chi connectivity index (χ3n) is 5.63. The van der Waals surface area contributed by atoms with Crippen molar-refractivity contribution in [1.82, 2.24) is 0 Å². The first-order valence-corrected chi connectivity index (χ1v) is 10.1. The molecular formula is C28H22O3. The van der Waals surface area contributed by atoms with Crippen molar-refractivity contribution in [2.45, 2.75) is 11.3 Å². The molecule has 0 aromatic heterocycles. The second-order valence-electron chi connectivity index (χ2n) is 7.41. The van der Waals surface area contributed by atoms with Crippen molar-refractivity contribution in [2.24, 2.45) is 0 Å². The Bertz CT molecular complexity index is 1080. The number of benzene rings is 4. The number of hydrogen-bond donors (Lipinski definition) is 1. The summed E-state index contributed by atoms with van der Waals surface area (Å²) in [6, 6.07) is 36.3. The normalized spacial score (nSPS) is 11.3. The van der Waals surface area contributed by atoms with Crippen molar-refractivity contribution >= 4 is 11.8 Å². The summed E-state index contributed by atoms with van der Waals surface area (Å²) in [5.41, 5.74) is 0.553. The SMILES string of the molecule is O=C(O)C(C(=O)C(c1ccccc1)c1ccccc1)(c1ccccc1)c1ccccc1. The number of ketones is 1. The van der Waals surface area contributed by atoms with Gasteiger partial charge >= 0.3 is 5.97 Å². The first-order valence-electron chi connectivity index (χ1n) is 10.1. The lowest BCUT2D eigenvalue weighted by Gasteiger charge is -2.33. The molecule has 1 N–H and O–H groups in total. The maximum atomic E-state index is 14.4. The zero-order chi connectivity index (χ0) is 21.7. The zero-order valence-corrected chi connectivity index (χ0v) is 16.9. The smallest absolute Gasteiger partial charge is 0.326 e. The van der Waals surface area contributed by atoms with Gasteiger partial charge in [-0.2, -0.15) is 0 Å². The first-order chi connectivity index (χ1) is 15.2. The van der Waals surface area contributed by atoms with E-state index < -0.39 is 23.1 Å². The monoisotopic (exact) mass is 406 g/mol. The number of carbonyl (C=O) groups is 2. The fourth-order valence-corrected chi connectivity index (χ4v) is 4.18. The van der Waals surface area contributed by atoms with Gasteiger partial charge < -0.3 is 5.11 Å². The third kappa shape index (κ3) is 3.66. The van der Waals surface area contributed by atoms with Gasteiger partial charge in [-0.3, -0.25) is 9.59 Å². The van der Waals surface area contributed by atoms with Gasteiger partial charge in [-0.15, -0.1) is 0 Å². The minimum atomic E-state index is -1.85. The molecule has 31 heavy (non-hydrogen) atoms. The second kappa shape index (κ2) is 8.80. The largest absolute Gasteiger partial charge is 0.480 e. The van der Waals surface area contributed by atoms with Gasteiger partial charge in [-0.1, -0.05) is 121 Å². The fraction of sp³-hybridized carbons (Fsp3) is 0.0714. The molecular weight excluding hydrogens is 384 g/mol. The molecule has 0 aliphatic carbocycles. The van der Waals surface area contributed by atoms with Gasteiger partial charge in [0.15, 0.2) is 11.2 Å². The lowest BCUT2D eigenvalue weighted by molar-refractivity contribution is -0.147. The first kappa shape index (κ1) is 20.3. The Morgan fingerprint density at radius 1 is 0.548 bits per heavy atom. The summed E-state index contributed by atoms with van der Waals surface area (Å²) in [5, 5.41) is 10.6. The molecule has 4 aromatic rings. The number of carbonyl (C=O) groups excluding carboxylic acids is 1. The van der Waals surface area contributed by atoms with Crippen molar-refractivity contribution in [3.05, 3.63) is 144 Å². The molecule has 0 heterocycles. The summed E-state index contributed by atoms with van der Waals surface area (Å²) in [6.45, 7) is 0. The van der Waals surface area contributed by atoms with E-state index in [0.717, 1.165) is 11.1 Å². The van der Waals surface area contributed by atoms with E-state index in [9.17, 15) is 14.7 Å². The van der Waals surface area contributed by atoms with E-state index in [-0.39, 0.29) is 0 Å². The van der Waals surface area contributed by atoms with Crippen LogP contribution in [0.4, 0.5) is 0 Å². The number of carboxylic acid groups (broad SMARTS) is 1. The van der Waals surface area contributed by atoms with Crippen molar-refractivity contribution in [3.63, 3.8) is 0 Å². The molecule has 0 aliphatic rings. The highest BCUT2D eigenvalue weighted by Gasteiger charge is 2.52. The van der Waals surface area contributed by atoms with E-state index in [4.69, 9.17) is 0 Å². The van der Waals surface area contributed by atoms with Crippen LogP contribution in [0.1, 0.15) is 28.2 Å². The van der Waals surface area contributed by atoms with Gasteiger partial charge in [0, 0.05) is 0 Å². The molecule has 0 saturated heterocycles. The molecule has 152 valence electrons. The zero-order valence-electron chi connectivity index (χ0n) is 16.9. The summed E-state index contributed by atoms with van der Waals surface area (Å²) in [4.78, 5) is 27.4. The Morgan fingerprint density at radius 3 is 1.19 bits per heavy atom. The van der Waals surface area contributed by atoms with E-state index in [0.29, 0.717) is 11.1 Å². The van der Waals surface area contributed by atoms with Gasteiger partial charge in [-0.25, -0.2) is 0 Å². The highest BCUT2D eigenvalue weighted by molar-refractivity contribution is 6.16.